The third-order valence-electron chi connectivity index (χ3n) is 0.810. The van der Waals surface area contributed by atoms with Crippen molar-refractivity contribution < 1.29 is 29.8 Å². The third-order valence-corrected chi connectivity index (χ3v) is 1.38. The number of methoxy groups -OCH3 is 2. The molecule has 0 aliphatic rings. The number of rotatable bonds is 4. The first kappa shape index (κ1) is 13.0. The van der Waals surface area contributed by atoms with Crippen molar-refractivity contribution in [3.8, 4) is 5.40 Å². The topological polar surface area (TPSA) is 42.2 Å². The summed E-state index contributed by atoms with van der Waals surface area (Å²) >= 11 is 1.12. The number of ether oxygens (including phenoxy) is 2. The first-order valence-corrected chi connectivity index (χ1v) is 3.40. The summed E-state index contributed by atoms with van der Waals surface area (Å²) in [5, 5.41) is 10.0. The molecular weight excluding hydrogens is 145 g/mol. The van der Waals surface area contributed by atoms with Gasteiger partial charge in [-0.3, -0.25) is 0 Å². The fourth-order valence-electron chi connectivity index (χ4n) is 0.338. The Kier molecular flexibility index (Phi) is 12.1. The molecule has 0 saturated heterocycles. The van der Waals surface area contributed by atoms with Crippen molar-refractivity contribution in [1.82, 2.24) is 0 Å². The van der Waals surface area contributed by atoms with Gasteiger partial charge in [-0.25, -0.2) is 0 Å². The van der Waals surface area contributed by atoms with Crippen LogP contribution in [0.1, 0.15) is 1.43 Å². The van der Waals surface area contributed by atoms with Gasteiger partial charge in [0, 0.05) is 14.2 Å². The van der Waals surface area contributed by atoms with E-state index in [1.54, 1.807) is 14.2 Å². The zero-order valence-corrected chi connectivity index (χ0v) is 7.27. The quantitative estimate of drug-likeness (QED) is 0.266. The number of thioether (sulfide) groups is 1. The second kappa shape index (κ2) is 9.36. The SMILES string of the molecule is COC(CSC#N)OC.[H-].[Li+]. The molecule has 0 fully saturated rings. The van der Waals surface area contributed by atoms with Gasteiger partial charge in [-0.15, -0.1) is 0 Å². The van der Waals surface area contributed by atoms with Crippen LogP contribution in [-0.2, 0) is 9.47 Å². The van der Waals surface area contributed by atoms with Gasteiger partial charge in [-0.05, 0) is 11.8 Å². The summed E-state index contributed by atoms with van der Waals surface area (Å²) < 4.78 is 9.61. The molecule has 0 unspecified atom stereocenters. The molecule has 0 aliphatic heterocycles. The van der Waals surface area contributed by atoms with Crippen LogP contribution in [0.25, 0.3) is 0 Å². The molecule has 0 aromatic rings. The Hall–Kier alpha value is 0.357. The van der Waals surface area contributed by atoms with Gasteiger partial charge in [0.15, 0.2) is 6.29 Å². The van der Waals surface area contributed by atoms with Gasteiger partial charge in [0.05, 0.1) is 5.75 Å². The minimum Gasteiger partial charge on any atom is -1.00 e. The van der Waals surface area contributed by atoms with Crippen LogP contribution >= 0.6 is 11.8 Å². The number of hydrogen-bond acceptors (Lipinski definition) is 4. The maximum atomic E-state index is 8.11. The molecule has 0 N–H and O–H groups in total. The largest absolute Gasteiger partial charge is 1.00 e. The molecule has 0 rings (SSSR count). The molecule has 0 heterocycles. The van der Waals surface area contributed by atoms with E-state index in [1.165, 1.54) is 0 Å². The first-order valence-electron chi connectivity index (χ1n) is 2.41. The number of thiocyanates is 1. The Labute approximate surface area is 78.7 Å². The van der Waals surface area contributed by atoms with E-state index in [2.05, 4.69) is 0 Å². The van der Waals surface area contributed by atoms with Crippen LogP contribution in [0.5, 0.6) is 0 Å². The maximum absolute atomic E-state index is 8.11. The monoisotopic (exact) mass is 155 g/mol. The Morgan fingerprint density at radius 3 is 2.40 bits per heavy atom. The van der Waals surface area contributed by atoms with Gasteiger partial charge in [-0.2, -0.15) is 5.26 Å². The molecule has 0 aliphatic carbocycles. The third kappa shape index (κ3) is 6.48. The van der Waals surface area contributed by atoms with Gasteiger partial charge in [-0.1, -0.05) is 0 Å². The van der Waals surface area contributed by atoms with Crippen LogP contribution in [-0.4, -0.2) is 26.3 Å². The molecule has 0 bridgehead atoms. The molecule has 10 heavy (non-hydrogen) atoms. The van der Waals surface area contributed by atoms with Crippen molar-refractivity contribution in [2.45, 2.75) is 6.29 Å². The van der Waals surface area contributed by atoms with Gasteiger partial charge in [0.1, 0.15) is 5.40 Å². The van der Waals surface area contributed by atoms with Crippen LogP contribution < -0.4 is 18.9 Å². The standard InChI is InChI=1S/C5H9NO2S.Li.H/c1-7-5(8-2)3-9-4-6;;/h5H,3H2,1-2H3;;/q;+1;-1. The molecule has 0 saturated carbocycles. The van der Waals surface area contributed by atoms with Crippen molar-refractivity contribution in [3.63, 3.8) is 0 Å². The number of nitrogens with zero attached hydrogens (tertiary/aromatic N) is 1. The average molecular weight is 155 g/mol. The molecule has 5 heteroatoms. The second-order valence-electron chi connectivity index (χ2n) is 1.30. The summed E-state index contributed by atoms with van der Waals surface area (Å²) in [6.07, 6.45) is -0.255. The fraction of sp³-hybridized carbons (Fsp3) is 0.800. The van der Waals surface area contributed by atoms with E-state index in [-0.39, 0.29) is 26.6 Å². The first-order chi connectivity index (χ1) is 4.35. The van der Waals surface area contributed by atoms with E-state index >= 15 is 0 Å². The predicted molar refractivity (Wildman–Crippen MR) is 37.0 cm³/mol. The average Bonchev–Trinajstić information content (AvgIpc) is 1.91. The van der Waals surface area contributed by atoms with Crippen LogP contribution in [0.4, 0.5) is 0 Å². The number of nitriles is 1. The minimum atomic E-state index is -0.255. The van der Waals surface area contributed by atoms with Crippen LogP contribution in [0.3, 0.4) is 0 Å². The summed E-state index contributed by atoms with van der Waals surface area (Å²) in [6.45, 7) is 0. The molecule has 0 amide bonds. The van der Waals surface area contributed by atoms with Crippen LogP contribution in [0.15, 0.2) is 0 Å². The Morgan fingerprint density at radius 1 is 1.60 bits per heavy atom. The van der Waals surface area contributed by atoms with Crippen molar-refractivity contribution in [2.24, 2.45) is 0 Å². The van der Waals surface area contributed by atoms with E-state index in [1.807, 2.05) is 5.40 Å². The van der Waals surface area contributed by atoms with E-state index in [9.17, 15) is 0 Å². The Bertz CT molecular complexity index is 107. The Morgan fingerprint density at radius 2 is 2.10 bits per heavy atom. The summed E-state index contributed by atoms with van der Waals surface area (Å²) in [4.78, 5) is 0. The van der Waals surface area contributed by atoms with E-state index < -0.39 is 0 Å². The Balaban J connectivity index is -0.000000320. The van der Waals surface area contributed by atoms with Crippen LogP contribution in [0.2, 0.25) is 0 Å². The molecular formula is C5H10LiNO2S. The number of hydrogen-bond donors (Lipinski definition) is 0. The second-order valence-corrected chi connectivity index (χ2v) is 2.11. The maximum Gasteiger partial charge on any atom is 1.00 e. The zero-order valence-electron chi connectivity index (χ0n) is 7.46. The summed E-state index contributed by atoms with van der Waals surface area (Å²) in [6, 6.07) is 0. The predicted octanol–water partition coefficient (Wildman–Crippen LogP) is -2.06. The van der Waals surface area contributed by atoms with Gasteiger partial charge < -0.3 is 10.9 Å². The normalized spacial score (nSPS) is 8.60. The molecule has 0 aromatic carbocycles. The minimum absolute atomic E-state index is 0. The van der Waals surface area contributed by atoms with E-state index in [4.69, 9.17) is 14.7 Å². The van der Waals surface area contributed by atoms with Crippen molar-refractivity contribution >= 4 is 11.8 Å². The summed E-state index contributed by atoms with van der Waals surface area (Å²) in [7, 11) is 3.10. The molecule has 54 valence electrons. The molecule has 0 radical (unpaired) electrons. The fourth-order valence-corrected chi connectivity index (χ4v) is 0.820. The van der Waals surface area contributed by atoms with Gasteiger partial charge in [0.25, 0.3) is 0 Å². The van der Waals surface area contributed by atoms with Gasteiger partial charge in [0.2, 0.25) is 0 Å². The van der Waals surface area contributed by atoms with E-state index in [0.717, 1.165) is 11.8 Å². The summed E-state index contributed by atoms with van der Waals surface area (Å²) in [5.41, 5.74) is 0. The van der Waals surface area contributed by atoms with Crippen LogP contribution in [0, 0.1) is 10.7 Å². The zero-order chi connectivity index (χ0) is 7.11. The van der Waals surface area contributed by atoms with Gasteiger partial charge >= 0.3 is 18.9 Å². The van der Waals surface area contributed by atoms with Crippen molar-refractivity contribution in [1.29, 1.82) is 5.26 Å². The molecule has 3 nitrogen and oxygen atoms in total. The molecule has 0 atom stereocenters. The molecule has 0 aromatic heterocycles. The smallest absolute Gasteiger partial charge is 1.00 e. The van der Waals surface area contributed by atoms with E-state index in [0.29, 0.717) is 5.75 Å². The van der Waals surface area contributed by atoms with Crippen molar-refractivity contribution in [3.05, 3.63) is 0 Å². The van der Waals surface area contributed by atoms with Crippen molar-refractivity contribution in [2.75, 3.05) is 20.0 Å². The summed E-state index contributed by atoms with van der Waals surface area (Å²) in [5.74, 6) is 0.559. The molecule has 0 spiro atoms.